The van der Waals surface area contributed by atoms with Gasteiger partial charge < -0.3 is 49.6 Å². The fraction of sp³-hybridized carbons (Fsp3) is 0.600. The van der Waals surface area contributed by atoms with Gasteiger partial charge in [0, 0.05) is 18.6 Å². The van der Waals surface area contributed by atoms with E-state index in [0.29, 0.717) is 12.0 Å². The Labute approximate surface area is 212 Å². The zero-order valence-corrected chi connectivity index (χ0v) is 20.1. The molecule has 12 nitrogen and oxygen atoms in total. The SMILES string of the molecule is C[C@H]1C[C@@H]2OC(=O)[C@@H](CO[C@@H]3O[C@H](CO)[C@@H](OC(=O)C=Cc4ccc(O)c(O)c4)[C@H](O)[C@H]3O)[C@@H]2[C@@H]1CO. The van der Waals surface area contributed by atoms with Gasteiger partial charge in [-0.25, -0.2) is 4.79 Å². The van der Waals surface area contributed by atoms with Crippen LogP contribution >= 0.6 is 0 Å². The first-order valence-electron chi connectivity index (χ1n) is 12.1. The third-order valence-corrected chi connectivity index (χ3v) is 7.43. The molecule has 37 heavy (non-hydrogen) atoms. The van der Waals surface area contributed by atoms with E-state index in [1.165, 1.54) is 24.3 Å². The number of carbonyl (C=O) groups is 2. The number of fused-ring (bicyclic) bond motifs is 1. The number of aliphatic hydroxyl groups excluding tert-OH is 4. The van der Waals surface area contributed by atoms with Crippen LogP contribution in [-0.4, -0.2) is 99.2 Å². The highest BCUT2D eigenvalue weighted by molar-refractivity contribution is 5.87. The van der Waals surface area contributed by atoms with Crippen molar-refractivity contribution in [2.24, 2.45) is 23.7 Å². The van der Waals surface area contributed by atoms with Crippen molar-refractivity contribution in [3.63, 3.8) is 0 Å². The second-order valence-electron chi connectivity index (χ2n) is 9.74. The molecule has 2 heterocycles. The Kier molecular flexibility index (Phi) is 8.36. The zero-order valence-electron chi connectivity index (χ0n) is 20.1. The third kappa shape index (κ3) is 5.59. The molecule has 204 valence electrons. The fourth-order valence-electron chi connectivity index (χ4n) is 5.43. The number of carbonyl (C=O) groups excluding carboxylic acids is 2. The Morgan fingerprint density at radius 3 is 2.57 bits per heavy atom. The van der Waals surface area contributed by atoms with Gasteiger partial charge in [0.05, 0.1) is 19.1 Å². The van der Waals surface area contributed by atoms with Crippen molar-refractivity contribution in [2.45, 2.75) is 50.2 Å². The molecule has 0 unspecified atom stereocenters. The summed E-state index contributed by atoms with van der Waals surface area (Å²) in [4.78, 5) is 24.7. The molecule has 2 saturated heterocycles. The third-order valence-electron chi connectivity index (χ3n) is 7.43. The maximum absolute atomic E-state index is 12.4. The number of hydrogen-bond acceptors (Lipinski definition) is 12. The highest BCUT2D eigenvalue weighted by atomic mass is 16.7. The van der Waals surface area contributed by atoms with Crippen molar-refractivity contribution in [3.8, 4) is 11.5 Å². The predicted octanol–water partition coefficient (Wildman–Crippen LogP) is -0.716. The maximum atomic E-state index is 12.4. The molecule has 3 aliphatic rings. The van der Waals surface area contributed by atoms with Gasteiger partial charge in [0.15, 0.2) is 23.9 Å². The molecule has 2 aliphatic heterocycles. The molecule has 10 atom stereocenters. The van der Waals surface area contributed by atoms with E-state index in [0.717, 1.165) is 6.08 Å². The van der Waals surface area contributed by atoms with E-state index in [1.54, 1.807) is 0 Å². The summed E-state index contributed by atoms with van der Waals surface area (Å²) in [5.74, 6) is -3.00. The van der Waals surface area contributed by atoms with Crippen molar-refractivity contribution >= 4 is 18.0 Å². The first-order valence-corrected chi connectivity index (χ1v) is 12.1. The molecule has 1 aliphatic carbocycles. The van der Waals surface area contributed by atoms with Crippen LogP contribution < -0.4 is 0 Å². The van der Waals surface area contributed by atoms with Gasteiger partial charge in [0.25, 0.3) is 0 Å². The zero-order chi connectivity index (χ0) is 26.9. The number of aliphatic hydroxyl groups is 4. The van der Waals surface area contributed by atoms with E-state index in [9.17, 15) is 40.2 Å². The number of benzene rings is 1. The van der Waals surface area contributed by atoms with Gasteiger partial charge >= 0.3 is 11.9 Å². The minimum absolute atomic E-state index is 0.0985. The van der Waals surface area contributed by atoms with Gasteiger partial charge in [-0.2, -0.15) is 0 Å². The Bertz CT molecular complexity index is 1010. The lowest BCUT2D eigenvalue weighted by Gasteiger charge is -2.41. The van der Waals surface area contributed by atoms with Crippen molar-refractivity contribution in [2.75, 3.05) is 19.8 Å². The average molecular weight is 525 g/mol. The van der Waals surface area contributed by atoms with Crippen LogP contribution in [-0.2, 0) is 28.5 Å². The Hall–Kier alpha value is -2.74. The molecule has 1 aromatic rings. The number of rotatable bonds is 8. The van der Waals surface area contributed by atoms with Gasteiger partial charge in [0.1, 0.15) is 24.4 Å². The summed E-state index contributed by atoms with van der Waals surface area (Å²) in [6, 6.07) is 3.90. The molecule has 6 N–H and O–H groups in total. The van der Waals surface area contributed by atoms with E-state index < -0.39 is 55.2 Å². The lowest BCUT2D eigenvalue weighted by atomic mass is 9.83. The van der Waals surface area contributed by atoms with E-state index >= 15 is 0 Å². The molecule has 0 amide bonds. The second kappa shape index (κ2) is 11.3. The van der Waals surface area contributed by atoms with E-state index in [-0.39, 0.29) is 48.6 Å². The number of esters is 2. The minimum atomic E-state index is -1.68. The Morgan fingerprint density at radius 1 is 1.14 bits per heavy atom. The van der Waals surface area contributed by atoms with Crippen molar-refractivity contribution in [1.82, 2.24) is 0 Å². The first-order chi connectivity index (χ1) is 17.6. The second-order valence-corrected chi connectivity index (χ2v) is 9.74. The van der Waals surface area contributed by atoms with E-state index in [4.69, 9.17) is 18.9 Å². The molecule has 3 fully saturated rings. The Morgan fingerprint density at radius 2 is 1.89 bits per heavy atom. The van der Waals surface area contributed by atoms with Crippen molar-refractivity contribution in [3.05, 3.63) is 29.8 Å². The summed E-state index contributed by atoms with van der Waals surface area (Å²) in [6.45, 7) is 1.02. The summed E-state index contributed by atoms with van der Waals surface area (Å²) in [6.07, 6.45) is -4.80. The fourth-order valence-corrected chi connectivity index (χ4v) is 5.43. The van der Waals surface area contributed by atoms with E-state index in [1.807, 2.05) is 6.92 Å². The van der Waals surface area contributed by atoms with Gasteiger partial charge in [-0.15, -0.1) is 0 Å². The van der Waals surface area contributed by atoms with Crippen LogP contribution in [0.25, 0.3) is 6.08 Å². The molecule has 1 aromatic carbocycles. The van der Waals surface area contributed by atoms with Crippen LogP contribution in [0.3, 0.4) is 0 Å². The lowest BCUT2D eigenvalue weighted by molar-refractivity contribution is -0.304. The van der Waals surface area contributed by atoms with Gasteiger partial charge in [-0.3, -0.25) is 4.79 Å². The van der Waals surface area contributed by atoms with E-state index in [2.05, 4.69) is 0 Å². The standard InChI is InChI=1S/C25H32O12/c1-11-6-17-20(13(11)8-26)14(24(33)35-17)10-34-25-22(32)21(31)23(18(9-27)36-25)37-19(30)5-3-12-2-4-15(28)16(29)7-12/h2-5,7,11,13-14,17-18,20-23,25-29,31-32H,6,8-10H2,1H3/t11-,13+,14-,17-,18+,20-,21+,22+,23+,25+/m0/s1. The van der Waals surface area contributed by atoms with Crippen LogP contribution in [0, 0.1) is 23.7 Å². The summed E-state index contributed by atoms with van der Waals surface area (Å²) in [5.41, 5.74) is 0.382. The van der Waals surface area contributed by atoms with Gasteiger partial charge in [-0.1, -0.05) is 13.0 Å². The highest BCUT2D eigenvalue weighted by Gasteiger charge is 2.55. The van der Waals surface area contributed by atoms with Gasteiger partial charge in [-0.05, 0) is 42.0 Å². The smallest absolute Gasteiger partial charge is 0.331 e. The maximum Gasteiger partial charge on any atom is 0.331 e. The molecule has 4 rings (SSSR count). The summed E-state index contributed by atoms with van der Waals surface area (Å²) < 4.78 is 21.9. The molecule has 0 radical (unpaired) electrons. The predicted molar refractivity (Wildman–Crippen MR) is 124 cm³/mol. The number of phenolic OH excluding ortho intramolecular Hbond substituents is 2. The number of phenols is 2. The summed E-state index contributed by atoms with van der Waals surface area (Å²) >= 11 is 0. The van der Waals surface area contributed by atoms with Gasteiger partial charge in [0.2, 0.25) is 0 Å². The molecular weight excluding hydrogens is 492 g/mol. The van der Waals surface area contributed by atoms with Crippen LogP contribution in [0.5, 0.6) is 11.5 Å². The van der Waals surface area contributed by atoms with Crippen LogP contribution in [0.15, 0.2) is 24.3 Å². The van der Waals surface area contributed by atoms with Crippen LogP contribution in [0.4, 0.5) is 0 Å². The minimum Gasteiger partial charge on any atom is -0.504 e. The highest BCUT2D eigenvalue weighted by Crippen LogP contribution is 2.47. The monoisotopic (exact) mass is 524 g/mol. The van der Waals surface area contributed by atoms with Crippen LogP contribution in [0.1, 0.15) is 18.9 Å². The topological polar surface area (TPSA) is 192 Å². The molecule has 0 spiro atoms. The number of aromatic hydroxyl groups is 2. The molecule has 1 saturated carbocycles. The van der Waals surface area contributed by atoms with Crippen LogP contribution in [0.2, 0.25) is 0 Å². The first kappa shape index (κ1) is 27.3. The van der Waals surface area contributed by atoms with Crippen molar-refractivity contribution in [1.29, 1.82) is 0 Å². The largest absolute Gasteiger partial charge is 0.504 e. The molecular formula is C25H32O12. The normalized spacial score (nSPS) is 37.5. The lowest BCUT2D eigenvalue weighted by Crippen LogP contribution is -2.60. The summed E-state index contributed by atoms with van der Waals surface area (Å²) in [7, 11) is 0. The van der Waals surface area contributed by atoms with Crippen molar-refractivity contribution < 1.29 is 59.2 Å². The average Bonchev–Trinajstić information content (AvgIpc) is 3.34. The number of ether oxygens (including phenoxy) is 4. The number of hydrogen-bond donors (Lipinski definition) is 6. The molecule has 0 aromatic heterocycles. The quantitative estimate of drug-likeness (QED) is 0.142. The molecule has 0 bridgehead atoms. The summed E-state index contributed by atoms with van der Waals surface area (Å²) in [5, 5.41) is 59.6. The molecule has 12 heteroatoms. The Balaban J connectivity index is 1.36.